The Bertz CT molecular complexity index is 497. The average molecular weight is 355 g/mol. The van der Waals surface area contributed by atoms with Crippen molar-refractivity contribution in [2.45, 2.75) is 38.2 Å². The van der Waals surface area contributed by atoms with Gasteiger partial charge in [-0.2, -0.15) is 0 Å². The second kappa shape index (κ2) is 9.87. The molecule has 2 aliphatic rings. The Labute approximate surface area is 149 Å². The minimum atomic E-state index is -0.411. The minimum Gasteiger partial charge on any atom is -0.493 e. The van der Waals surface area contributed by atoms with Gasteiger partial charge in [0.2, 0.25) is 0 Å². The highest BCUT2D eigenvalue weighted by Crippen LogP contribution is 2.25. The molecule has 1 heterocycles. The predicted molar refractivity (Wildman–Crippen MR) is 97.0 cm³/mol. The zero-order chi connectivity index (χ0) is 15.9. The number of ether oxygens (including phenoxy) is 2. The van der Waals surface area contributed by atoms with E-state index in [9.17, 15) is 4.79 Å². The van der Waals surface area contributed by atoms with Crippen molar-refractivity contribution < 1.29 is 14.3 Å². The van der Waals surface area contributed by atoms with Gasteiger partial charge >= 0.3 is 0 Å². The van der Waals surface area contributed by atoms with E-state index in [0.717, 1.165) is 24.6 Å². The number of amides is 1. The van der Waals surface area contributed by atoms with Gasteiger partial charge in [0.25, 0.3) is 5.91 Å². The van der Waals surface area contributed by atoms with Gasteiger partial charge in [0.15, 0.2) is 0 Å². The van der Waals surface area contributed by atoms with Crippen LogP contribution >= 0.6 is 12.4 Å². The molecule has 1 saturated carbocycles. The van der Waals surface area contributed by atoms with Crippen molar-refractivity contribution in [1.29, 1.82) is 0 Å². The number of nitrogens with one attached hydrogen (secondary N) is 2. The summed E-state index contributed by atoms with van der Waals surface area (Å²) < 4.78 is 11.3. The lowest BCUT2D eigenvalue weighted by atomic mass is 9.90. The predicted octanol–water partition coefficient (Wildman–Crippen LogP) is 2.99. The van der Waals surface area contributed by atoms with Crippen LogP contribution in [0.5, 0.6) is 5.75 Å². The van der Waals surface area contributed by atoms with E-state index < -0.39 is 6.10 Å². The maximum Gasteiger partial charge on any atom is 0.254 e. The van der Waals surface area contributed by atoms with Crippen LogP contribution in [-0.4, -0.2) is 38.3 Å². The standard InChI is InChI=1S/C18H26N2O3.ClH/c21-18(17-12-19-10-11-22-17)20-15-6-8-16(9-7-15)23-13-14-4-2-1-3-5-14;/h6-9,14,17,19H,1-5,10-13H2,(H,20,21);1H. The van der Waals surface area contributed by atoms with Crippen LogP contribution < -0.4 is 15.4 Å². The van der Waals surface area contributed by atoms with Crippen molar-refractivity contribution in [2.24, 2.45) is 5.92 Å². The van der Waals surface area contributed by atoms with Crippen LogP contribution in [0.4, 0.5) is 5.69 Å². The molecular weight excluding hydrogens is 328 g/mol. The van der Waals surface area contributed by atoms with Crippen LogP contribution in [0, 0.1) is 5.92 Å². The number of rotatable bonds is 5. The van der Waals surface area contributed by atoms with E-state index >= 15 is 0 Å². The molecule has 2 N–H and O–H groups in total. The summed E-state index contributed by atoms with van der Waals surface area (Å²) in [5.41, 5.74) is 0.772. The number of anilines is 1. The largest absolute Gasteiger partial charge is 0.493 e. The Kier molecular flexibility index (Phi) is 7.82. The van der Waals surface area contributed by atoms with Gasteiger partial charge in [-0.1, -0.05) is 19.3 Å². The first kappa shape index (κ1) is 19.0. The molecule has 6 heteroatoms. The van der Waals surface area contributed by atoms with E-state index in [0.29, 0.717) is 19.1 Å². The normalized spacial score (nSPS) is 21.6. The summed E-state index contributed by atoms with van der Waals surface area (Å²) in [4.78, 5) is 12.1. The van der Waals surface area contributed by atoms with Gasteiger partial charge in [0.1, 0.15) is 11.9 Å². The van der Waals surface area contributed by atoms with Gasteiger partial charge in [0, 0.05) is 18.8 Å². The lowest BCUT2D eigenvalue weighted by molar-refractivity contribution is -0.128. The fourth-order valence-electron chi connectivity index (χ4n) is 3.16. The first-order chi connectivity index (χ1) is 11.3. The Morgan fingerprint density at radius 3 is 2.62 bits per heavy atom. The van der Waals surface area contributed by atoms with Crippen molar-refractivity contribution in [3.8, 4) is 5.75 Å². The number of carbonyl (C=O) groups is 1. The molecule has 1 aromatic rings. The highest BCUT2D eigenvalue weighted by molar-refractivity contribution is 5.94. The third kappa shape index (κ3) is 5.65. The maximum atomic E-state index is 12.1. The Morgan fingerprint density at radius 1 is 1.21 bits per heavy atom. The number of hydrogen-bond acceptors (Lipinski definition) is 4. The molecule has 1 aliphatic carbocycles. The zero-order valence-corrected chi connectivity index (χ0v) is 14.8. The first-order valence-corrected chi connectivity index (χ1v) is 8.67. The summed E-state index contributed by atoms with van der Waals surface area (Å²) >= 11 is 0. The molecule has 0 spiro atoms. The fourth-order valence-corrected chi connectivity index (χ4v) is 3.16. The van der Waals surface area contributed by atoms with E-state index in [1.165, 1.54) is 32.1 Å². The molecule has 3 rings (SSSR count). The molecule has 0 aromatic heterocycles. The van der Waals surface area contributed by atoms with Gasteiger partial charge in [-0.15, -0.1) is 12.4 Å². The Hall–Kier alpha value is -1.30. The lowest BCUT2D eigenvalue weighted by Crippen LogP contribution is -2.45. The SMILES string of the molecule is Cl.O=C(Nc1ccc(OCC2CCCCC2)cc1)C1CNCCO1. The molecule has 24 heavy (non-hydrogen) atoms. The molecule has 1 saturated heterocycles. The summed E-state index contributed by atoms with van der Waals surface area (Å²) in [6, 6.07) is 7.59. The van der Waals surface area contributed by atoms with Crippen molar-refractivity contribution in [3.63, 3.8) is 0 Å². The lowest BCUT2D eigenvalue weighted by Gasteiger charge is -2.23. The van der Waals surface area contributed by atoms with E-state index in [1.54, 1.807) is 0 Å². The first-order valence-electron chi connectivity index (χ1n) is 8.67. The molecule has 5 nitrogen and oxygen atoms in total. The number of benzene rings is 1. The maximum absolute atomic E-state index is 12.1. The van der Waals surface area contributed by atoms with Crippen molar-refractivity contribution in [2.75, 3.05) is 31.6 Å². The molecule has 1 aliphatic heterocycles. The number of morpholine rings is 1. The van der Waals surface area contributed by atoms with Crippen LogP contribution in [0.2, 0.25) is 0 Å². The van der Waals surface area contributed by atoms with Crippen LogP contribution in [0.3, 0.4) is 0 Å². The quantitative estimate of drug-likeness (QED) is 0.853. The van der Waals surface area contributed by atoms with Crippen LogP contribution in [0.15, 0.2) is 24.3 Å². The average Bonchev–Trinajstić information content (AvgIpc) is 2.63. The molecule has 134 valence electrons. The van der Waals surface area contributed by atoms with Crippen molar-refractivity contribution in [1.82, 2.24) is 5.32 Å². The van der Waals surface area contributed by atoms with Gasteiger partial charge in [-0.05, 0) is 43.0 Å². The summed E-state index contributed by atoms with van der Waals surface area (Å²) in [5.74, 6) is 1.45. The molecule has 2 fully saturated rings. The molecule has 1 atom stereocenters. The Balaban J connectivity index is 0.00000208. The minimum absolute atomic E-state index is 0. The number of carbonyl (C=O) groups excluding carboxylic acids is 1. The highest BCUT2D eigenvalue weighted by Gasteiger charge is 2.21. The van der Waals surface area contributed by atoms with E-state index in [-0.39, 0.29) is 18.3 Å². The summed E-state index contributed by atoms with van der Waals surface area (Å²) in [5, 5.41) is 6.04. The highest BCUT2D eigenvalue weighted by atomic mass is 35.5. The molecular formula is C18H27ClN2O3. The summed E-state index contributed by atoms with van der Waals surface area (Å²) in [6.45, 7) is 2.74. The van der Waals surface area contributed by atoms with E-state index in [2.05, 4.69) is 10.6 Å². The van der Waals surface area contributed by atoms with Crippen LogP contribution in [0.1, 0.15) is 32.1 Å². The van der Waals surface area contributed by atoms with E-state index in [4.69, 9.17) is 9.47 Å². The molecule has 1 aromatic carbocycles. The van der Waals surface area contributed by atoms with Gasteiger partial charge in [-0.25, -0.2) is 0 Å². The van der Waals surface area contributed by atoms with Crippen LogP contribution in [-0.2, 0) is 9.53 Å². The smallest absolute Gasteiger partial charge is 0.254 e. The molecule has 1 amide bonds. The monoisotopic (exact) mass is 354 g/mol. The molecule has 1 unspecified atom stereocenters. The number of hydrogen-bond donors (Lipinski definition) is 2. The van der Waals surface area contributed by atoms with Gasteiger partial charge < -0.3 is 20.1 Å². The number of halogens is 1. The third-order valence-electron chi connectivity index (χ3n) is 4.55. The van der Waals surface area contributed by atoms with Crippen molar-refractivity contribution in [3.05, 3.63) is 24.3 Å². The second-order valence-electron chi connectivity index (χ2n) is 6.39. The second-order valence-corrected chi connectivity index (χ2v) is 6.39. The molecule has 0 bridgehead atoms. The summed E-state index contributed by atoms with van der Waals surface area (Å²) in [6.07, 6.45) is 6.18. The van der Waals surface area contributed by atoms with Gasteiger partial charge in [-0.3, -0.25) is 4.79 Å². The van der Waals surface area contributed by atoms with Crippen LogP contribution in [0.25, 0.3) is 0 Å². The third-order valence-corrected chi connectivity index (χ3v) is 4.55. The van der Waals surface area contributed by atoms with Crippen molar-refractivity contribution >= 4 is 24.0 Å². The van der Waals surface area contributed by atoms with E-state index in [1.807, 2.05) is 24.3 Å². The summed E-state index contributed by atoms with van der Waals surface area (Å²) in [7, 11) is 0. The zero-order valence-electron chi connectivity index (χ0n) is 14.0. The fraction of sp³-hybridized carbons (Fsp3) is 0.611. The van der Waals surface area contributed by atoms with Gasteiger partial charge in [0.05, 0.1) is 13.2 Å². The Morgan fingerprint density at radius 2 is 1.96 bits per heavy atom. The molecule has 0 radical (unpaired) electrons. The topological polar surface area (TPSA) is 59.6 Å².